The minimum atomic E-state index is 0.0933. The van der Waals surface area contributed by atoms with E-state index in [2.05, 4.69) is 54.4 Å². The first kappa shape index (κ1) is 24.7. The molecule has 2 fully saturated rings. The van der Waals surface area contributed by atoms with Gasteiger partial charge in [-0.1, -0.05) is 27.5 Å². The summed E-state index contributed by atoms with van der Waals surface area (Å²) in [6.07, 6.45) is 9.16. The number of amides is 1. The van der Waals surface area contributed by atoms with Crippen LogP contribution in [-0.4, -0.2) is 40.1 Å². The Kier molecular flexibility index (Phi) is 7.66. The monoisotopic (exact) mass is 609 g/mol. The SMILES string of the molecule is O=C(C1CCC(NO)CC1)N1CCC([C@H]2c3ncc(Br)cc3CCc3cc(Cl)cc(Br)c32)CC1. The number of hydrogen-bond acceptors (Lipinski definition) is 4. The van der Waals surface area contributed by atoms with Crippen LogP contribution in [0, 0.1) is 11.8 Å². The van der Waals surface area contributed by atoms with E-state index in [4.69, 9.17) is 21.8 Å². The van der Waals surface area contributed by atoms with Crippen LogP contribution in [0.2, 0.25) is 5.02 Å². The Morgan fingerprint density at radius 3 is 2.44 bits per heavy atom. The van der Waals surface area contributed by atoms with Crippen LogP contribution in [0.25, 0.3) is 0 Å². The number of fused-ring (bicyclic) bond motifs is 2. The van der Waals surface area contributed by atoms with Crippen LogP contribution in [0.4, 0.5) is 0 Å². The van der Waals surface area contributed by atoms with Gasteiger partial charge in [0, 0.05) is 51.1 Å². The summed E-state index contributed by atoms with van der Waals surface area (Å²) in [4.78, 5) is 20.2. The number of rotatable bonds is 3. The number of aromatic nitrogens is 1. The second-order valence-electron chi connectivity index (χ2n) is 9.98. The number of hydrogen-bond donors (Lipinski definition) is 2. The quantitative estimate of drug-likeness (QED) is 0.402. The van der Waals surface area contributed by atoms with Crippen molar-refractivity contribution in [1.82, 2.24) is 15.4 Å². The number of benzene rings is 1. The topological polar surface area (TPSA) is 65.5 Å². The van der Waals surface area contributed by atoms with Gasteiger partial charge in [-0.3, -0.25) is 9.78 Å². The average molecular weight is 612 g/mol. The maximum absolute atomic E-state index is 13.2. The first-order valence-corrected chi connectivity index (χ1v) is 14.2. The van der Waals surface area contributed by atoms with Crippen LogP contribution in [-0.2, 0) is 17.6 Å². The summed E-state index contributed by atoms with van der Waals surface area (Å²) < 4.78 is 2.07. The largest absolute Gasteiger partial charge is 0.342 e. The minimum Gasteiger partial charge on any atom is -0.342 e. The number of aryl methyl sites for hydroxylation is 2. The number of pyridine rings is 1. The summed E-state index contributed by atoms with van der Waals surface area (Å²) in [6, 6.07) is 6.47. The van der Waals surface area contributed by atoms with Gasteiger partial charge < -0.3 is 10.1 Å². The third kappa shape index (κ3) is 4.96. The zero-order valence-corrected chi connectivity index (χ0v) is 23.0. The Morgan fingerprint density at radius 2 is 1.74 bits per heavy atom. The molecule has 1 aromatic heterocycles. The first-order chi connectivity index (χ1) is 16.4. The number of piperidine rings is 1. The maximum atomic E-state index is 13.2. The van der Waals surface area contributed by atoms with E-state index in [1.807, 2.05) is 12.3 Å². The molecule has 0 bridgehead atoms. The summed E-state index contributed by atoms with van der Waals surface area (Å²) in [5.74, 6) is 0.998. The van der Waals surface area contributed by atoms with E-state index in [-0.39, 0.29) is 17.9 Å². The molecule has 182 valence electrons. The van der Waals surface area contributed by atoms with Crippen molar-refractivity contribution in [2.45, 2.75) is 63.3 Å². The fourth-order valence-electron chi connectivity index (χ4n) is 6.21. The van der Waals surface area contributed by atoms with Gasteiger partial charge in [-0.2, -0.15) is 0 Å². The number of nitrogens with one attached hydrogen (secondary N) is 1. The van der Waals surface area contributed by atoms with E-state index in [0.717, 1.165) is 78.4 Å². The summed E-state index contributed by atoms with van der Waals surface area (Å²) in [7, 11) is 0. The van der Waals surface area contributed by atoms with Crippen molar-refractivity contribution >= 4 is 49.4 Å². The predicted molar refractivity (Wildman–Crippen MR) is 140 cm³/mol. The Morgan fingerprint density at radius 1 is 1.03 bits per heavy atom. The molecule has 2 N–H and O–H groups in total. The normalized spacial score (nSPS) is 25.4. The van der Waals surface area contributed by atoms with Crippen LogP contribution in [0.1, 0.15) is 66.8 Å². The highest BCUT2D eigenvalue weighted by Crippen LogP contribution is 2.46. The highest BCUT2D eigenvalue weighted by atomic mass is 79.9. The Bertz CT molecular complexity index is 1070. The number of carbonyl (C=O) groups is 1. The lowest BCUT2D eigenvalue weighted by molar-refractivity contribution is -0.138. The molecule has 2 aliphatic carbocycles. The van der Waals surface area contributed by atoms with Gasteiger partial charge in [-0.25, -0.2) is 5.48 Å². The van der Waals surface area contributed by atoms with Gasteiger partial charge in [-0.15, -0.1) is 0 Å². The van der Waals surface area contributed by atoms with E-state index < -0.39 is 0 Å². The van der Waals surface area contributed by atoms with Crippen LogP contribution in [0.5, 0.6) is 0 Å². The molecule has 2 heterocycles. The van der Waals surface area contributed by atoms with Gasteiger partial charge in [0.2, 0.25) is 5.91 Å². The Balaban J connectivity index is 1.38. The smallest absolute Gasteiger partial charge is 0.225 e. The Hall–Kier alpha value is -0.990. The van der Waals surface area contributed by atoms with E-state index in [0.29, 0.717) is 11.8 Å². The molecule has 1 saturated carbocycles. The van der Waals surface area contributed by atoms with Gasteiger partial charge in [0.1, 0.15) is 0 Å². The Labute approximate surface area is 222 Å². The van der Waals surface area contributed by atoms with E-state index in [1.165, 1.54) is 22.4 Å². The molecule has 1 aromatic carbocycles. The molecule has 0 spiro atoms. The number of likely N-dealkylation sites (tertiary alicyclic amines) is 1. The molecule has 5 nitrogen and oxygen atoms in total. The first-order valence-electron chi connectivity index (χ1n) is 12.2. The zero-order chi connectivity index (χ0) is 23.8. The molecule has 1 amide bonds. The summed E-state index contributed by atoms with van der Waals surface area (Å²) in [6.45, 7) is 1.59. The van der Waals surface area contributed by atoms with Crippen LogP contribution >= 0.6 is 43.5 Å². The number of carbonyl (C=O) groups excluding carboxylic acids is 1. The molecule has 8 heteroatoms. The lowest BCUT2D eigenvalue weighted by Gasteiger charge is -2.39. The zero-order valence-electron chi connectivity index (χ0n) is 19.1. The fourth-order valence-corrected chi connectivity index (χ4v) is 7.71. The molecule has 0 unspecified atom stereocenters. The molecule has 1 aliphatic heterocycles. The minimum absolute atomic E-state index is 0.0933. The number of nitrogens with zero attached hydrogens (tertiary/aromatic N) is 2. The van der Waals surface area contributed by atoms with Crippen LogP contribution < -0.4 is 5.48 Å². The van der Waals surface area contributed by atoms with Crippen molar-refractivity contribution < 1.29 is 10.0 Å². The summed E-state index contributed by atoms with van der Waals surface area (Å²) in [5.41, 5.74) is 7.46. The highest BCUT2D eigenvalue weighted by Gasteiger charge is 2.37. The highest BCUT2D eigenvalue weighted by molar-refractivity contribution is 9.10. The van der Waals surface area contributed by atoms with Gasteiger partial charge in [0.05, 0.1) is 5.69 Å². The molecule has 1 saturated heterocycles. The van der Waals surface area contributed by atoms with Gasteiger partial charge in [-0.05, 0) is 108 Å². The van der Waals surface area contributed by atoms with Crippen molar-refractivity contribution in [3.05, 3.63) is 60.7 Å². The van der Waals surface area contributed by atoms with Crippen molar-refractivity contribution in [2.75, 3.05) is 13.1 Å². The van der Waals surface area contributed by atoms with E-state index >= 15 is 0 Å². The molecule has 5 rings (SSSR count). The molecule has 34 heavy (non-hydrogen) atoms. The second kappa shape index (κ2) is 10.6. The second-order valence-corrected chi connectivity index (χ2v) is 12.2. The van der Waals surface area contributed by atoms with E-state index in [1.54, 1.807) is 0 Å². The van der Waals surface area contributed by atoms with Crippen molar-refractivity contribution in [2.24, 2.45) is 11.8 Å². The third-order valence-corrected chi connectivity index (χ3v) is 9.31. The predicted octanol–water partition coefficient (Wildman–Crippen LogP) is 6.27. The maximum Gasteiger partial charge on any atom is 0.225 e. The molecular formula is C26H30Br2ClN3O2. The van der Waals surface area contributed by atoms with Crippen molar-refractivity contribution in [1.29, 1.82) is 0 Å². The molecule has 2 aromatic rings. The van der Waals surface area contributed by atoms with Crippen LogP contribution in [0.15, 0.2) is 33.3 Å². The number of hydroxylamine groups is 1. The lowest BCUT2D eigenvalue weighted by Crippen LogP contribution is -2.44. The summed E-state index contributed by atoms with van der Waals surface area (Å²) in [5, 5.41) is 9.92. The molecule has 1 atom stereocenters. The van der Waals surface area contributed by atoms with Crippen LogP contribution in [0.3, 0.4) is 0 Å². The van der Waals surface area contributed by atoms with Gasteiger partial charge >= 0.3 is 0 Å². The van der Waals surface area contributed by atoms with E-state index in [9.17, 15) is 4.79 Å². The number of halogens is 3. The fraction of sp³-hybridized carbons (Fsp3) is 0.538. The van der Waals surface area contributed by atoms with Gasteiger partial charge in [0.25, 0.3) is 0 Å². The lowest BCUT2D eigenvalue weighted by atomic mass is 9.76. The van der Waals surface area contributed by atoms with Gasteiger partial charge in [0.15, 0.2) is 0 Å². The standard InChI is InChI=1S/C26H30Br2ClN3O2/c27-19-11-18-2-1-17-12-20(29)13-22(28)23(17)24(25(18)30-14-19)15-7-9-32(10-8-15)26(33)16-3-5-21(31-34)6-4-16/h11-16,21,24,31,34H,1-10H2/t16?,21?,24-/m1/s1. The van der Waals surface area contributed by atoms with Crippen molar-refractivity contribution in [3.8, 4) is 0 Å². The average Bonchev–Trinajstić information content (AvgIpc) is 3.00. The molecule has 0 radical (unpaired) electrons. The third-order valence-electron chi connectivity index (χ3n) is 8.00. The van der Waals surface area contributed by atoms with Crippen molar-refractivity contribution in [3.63, 3.8) is 0 Å². The molecule has 3 aliphatic rings. The molecular weight excluding hydrogens is 582 g/mol. The summed E-state index contributed by atoms with van der Waals surface area (Å²) >= 11 is 13.9.